The van der Waals surface area contributed by atoms with Crippen LogP contribution in [0.5, 0.6) is 5.75 Å². The molecule has 1 atom stereocenters. The highest BCUT2D eigenvalue weighted by molar-refractivity contribution is 7.18. The Morgan fingerprint density at radius 2 is 1.80 bits per heavy atom. The van der Waals surface area contributed by atoms with Crippen molar-refractivity contribution < 1.29 is 9.53 Å². The summed E-state index contributed by atoms with van der Waals surface area (Å²) in [6.07, 6.45) is -0.565. The monoisotopic (exact) mass is 328 g/mol. The zero-order chi connectivity index (χ0) is 14.9. The van der Waals surface area contributed by atoms with E-state index in [0.717, 1.165) is 16.1 Å². The van der Waals surface area contributed by atoms with Gasteiger partial charge in [0.25, 0.3) is 0 Å². The zero-order valence-corrected chi connectivity index (χ0v) is 13.7. The van der Waals surface area contributed by atoms with Gasteiger partial charge < -0.3 is 4.74 Å². The van der Waals surface area contributed by atoms with Crippen LogP contribution < -0.4 is 4.74 Å². The quantitative estimate of drug-likeness (QED) is 0.710. The number of ketones is 1. The van der Waals surface area contributed by atoms with E-state index in [-0.39, 0.29) is 5.78 Å². The molecule has 5 heteroatoms. The van der Waals surface area contributed by atoms with Gasteiger partial charge in [0.1, 0.15) is 5.75 Å². The number of Topliss-reactive ketones (excluding diaryl/α,β-unsaturated/α-hetero) is 1. The van der Waals surface area contributed by atoms with E-state index in [4.69, 9.17) is 27.9 Å². The van der Waals surface area contributed by atoms with E-state index in [1.54, 1.807) is 19.1 Å². The maximum absolute atomic E-state index is 12.2. The van der Waals surface area contributed by atoms with Crippen molar-refractivity contribution >= 4 is 40.3 Å². The molecule has 2 rings (SSSR count). The largest absolute Gasteiger partial charge is 0.483 e. The van der Waals surface area contributed by atoms with Gasteiger partial charge in [-0.15, -0.1) is 11.3 Å². The minimum Gasteiger partial charge on any atom is -0.483 e. The van der Waals surface area contributed by atoms with Crippen molar-refractivity contribution in [2.75, 3.05) is 0 Å². The Kier molecular flexibility index (Phi) is 4.74. The van der Waals surface area contributed by atoms with Crippen LogP contribution in [0.3, 0.4) is 0 Å². The molecule has 0 saturated carbocycles. The van der Waals surface area contributed by atoms with Gasteiger partial charge in [-0.1, -0.05) is 23.2 Å². The highest BCUT2D eigenvalue weighted by Crippen LogP contribution is 2.28. The first-order chi connectivity index (χ1) is 9.38. The van der Waals surface area contributed by atoms with Crippen LogP contribution in [0.4, 0.5) is 0 Å². The van der Waals surface area contributed by atoms with E-state index in [2.05, 4.69) is 0 Å². The normalized spacial score (nSPS) is 12.2. The lowest BCUT2D eigenvalue weighted by atomic mass is 10.1. The molecule has 1 aromatic carbocycles. The zero-order valence-electron chi connectivity index (χ0n) is 11.4. The fraction of sp³-hybridized carbons (Fsp3) is 0.267. The Morgan fingerprint density at radius 1 is 1.20 bits per heavy atom. The standard InChI is InChI=1S/C15H14Cl2O2S/c1-8-6-11(7-9(2)14(8)17)19-10(3)15(18)12-4-5-13(16)20-12/h4-7,10H,1-3H3. The summed E-state index contributed by atoms with van der Waals surface area (Å²) in [6, 6.07) is 7.09. The molecule has 0 fully saturated rings. The fourth-order valence-electron chi connectivity index (χ4n) is 1.88. The number of ether oxygens (including phenoxy) is 1. The molecule has 106 valence electrons. The average Bonchev–Trinajstić information content (AvgIpc) is 2.81. The minimum atomic E-state index is -0.565. The van der Waals surface area contributed by atoms with Crippen molar-refractivity contribution in [2.24, 2.45) is 0 Å². The maximum Gasteiger partial charge on any atom is 0.212 e. The molecule has 0 aliphatic heterocycles. The number of thiophene rings is 1. The first-order valence-electron chi connectivity index (χ1n) is 6.11. The molecular weight excluding hydrogens is 315 g/mol. The van der Waals surface area contributed by atoms with Gasteiger partial charge in [-0.25, -0.2) is 0 Å². The first kappa shape index (κ1) is 15.4. The van der Waals surface area contributed by atoms with Crippen LogP contribution in [0.25, 0.3) is 0 Å². The predicted molar refractivity (Wildman–Crippen MR) is 84.7 cm³/mol. The van der Waals surface area contributed by atoms with Gasteiger partial charge in [0.05, 0.1) is 9.21 Å². The van der Waals surface area contributed by atoms with Gasteiger partial charge in [0.2, 0.25) is 5.78 Å². The summed E-state index contributed by atoms with van der Waals surface area (Å²) in [5, 5.41) is 0.723. The minimum absolute atomic E-state index is 0.0767. The van der Waals surface area contributed by atoms with E-state index in [1.807, 2.05) is 26.0 Å². The number of hydrogen-bond donors (Lipinski definition) is 0. The molecule has 1 heterocycles. The highest BCUT2D eigenvalue weighted by Gasteiger charge is 2.19. The lowest BCUT2D eigenvalue weighted by Crippen LogP contribution is -2.23. The SMILES string of the molecule is Cc1cc(OC(C)C(=O)c2ccc(Cl)s2)cc(C)c1Cl. The van der Waals surface area contributed by atoms with Gasteiger partial charge in [-0.3, -0.25) is 4.79 Å². The first-order valence-corrected chi connectivity index (χ1v) is 7.68. The smallest absolute Gasteiger partial charge is 0.212 e. The van der Waals surface area contributed by atoms with Crippen molar-refractivity contribution in [3.05, 3.63) is 49.6 Å². The van der Waals surface area contributed by atoms with Crippen LogP contribution in [-0.2, 0) is 0 Å². The Labute approximate surface area is 132 Å². The molecule has 0 amide bonds. The Hall–Kier alpha value is -1.03. The van der Waals surface area contributed by atoms with Crippen LogP contribution in [0.15, 0.2) is 24.3 Å². The Balaban J connectivity index is 2.15. The Morgan fingerprint density at radius 3 is 2.30 bits per heavy atom. The van der Waals surface area contributed by atoms with E-state index in [9.17, 15) is 4.79 Å². The number of aryl methyl sites for hydroxylation is 2. The third-order valence-corrected chi connectivity index (χ3v) is 4.75. The molecule has 0 bridgehead atoms. The second-order valence-electron chi connectivity index (χ2n) is 4.60. The second kappa shape index (κ2) is 6.17. The fourth-order valence-corrected chi connectivity index (χ4v) is 3.05. The number of carbonyl (C=O) groups is 1. The van der Waals surface area contributed by atoms with E-state index < -0.39 is 6.10 Å². The molecule has 0 aliphatic rings. The van der Waals surface area contributed by atoms with Crippen LogP contribution in [-0.4, -0.2) is 11.9 Å². The average molecular weight is 329 g/mol. The van der Waals surface area contributed by atoms with Gasteiger partial charge in [0, 0.05) is 5.02 Å². The number of benzene rings is 1. The molecular formula is C15H14Cl2O2S. The van der Waals surface area contributed by atoms with Crippen LogP contribution >= 0.6 is 34.5 Å². The summed E-state index contributed by atoms with van der Waals surface area (Å²) in [7, 11) is 0. The van der Waals surface area contributed by atoms with E-state index >= 15 is 0 Å². The van der Waals surface area contributed by atoms with Crippen LogP contribution in [0.1, 0.15) is 27.7 Å². The molecule has 2 aromatic rings. The number of hydrogen-bond acceptors (Lipinski definition) is 3. The van der Waals surface area contributed by atoms with Crippen molar-refractivity contribution in [1.82, 2.24) is 0 Å². The molecule has 2 nitrogen and oxygen atoms in total. The summed E-state index contributed by atoms with van der Waals surface area (Å²) in [4.78, 5) is 12.8. The lowest BCUT2D eigenvalue weighted by Gasteiger charge is -2.14. The van der Waals surface area contributed by atoms with Gasteiger partial charge in [-0.05, 0) is 56.2 Å². The number of carbonyl (C=O) groups excluding carboxylic acids is 1. The molecule has 1 unspecified atom stereocenters. The lowest BCUT2D eigenvalue weighted by molar-refractivity contribution is 0.0822. The van der Waals surface area contributed by atoms with E-state index in [0.29, 0.717) is 15.0 Å². The van der Waals surface area contributed by atoms with Crippen molar-refractivity contribution in [2.45, 2.75) is 26.9 Å². The summed E-state index contributed by atoms with van der Waals surface area (Å²) in [5.74, 6) is 0.569. The predicted octanol–water partition coefficient (Wildman–Crippen LogP) is 5.32. The van der Waals surface area contributed by atoms with Crippen molar-refractivity contribution in [3.63, 3.8) is 0 Å². The highest BCUT2D eigenvalue weighted by atomic mass is 35.5. The van der Waals surface area contributed by atoms with Crippen molar-refractivity contribution in [3.8, 4) is 5.75 Å². The molecule has 0 spiro atoms. The molecule has 0 radical (unpaired) electrons. The summed E-state index contributed by atoms with van der Waals surface area (Å²) in [6.45, 7) is 5.55. The molecule has 0 N–H and O–H groups in total. The number of rotatable bonds is 4. The summed E-state index contributed by atoms with van der Waals surface area (Å²) < 4.78 is 6.31. The molecule has 1 aromatic heterocycles. The third-order valence-electron chi connectivity index (χ3n) is 2.91. The molecule has 20 heavy (non-hydrogen) atoms. The maximum atomic E-state index is 12.2. The molecule has 0 saturated heterocycles. The van der Waals surface area contributed by atoms with Gasteiger partial charge >= 0.3 is 0 Å². The topological polar surface area (TPSA) is 26.3 Å². The van der Waals surface area contributed by atoms with Gasteiger partial charge in [0.15, 0.2) is 6.10 Å². The Bertz CT molecular complexity index is 626. The molecule has 0 aliphatic carbocycles. The van der Waals surface area contributed by atoms with Gasteiger partial charge in [-0.2, -0.15) is 0 Å². The number of halogens is 2. The summed E-state index contributed by atoms with van der Waals surface area (Å²) >= 11 is 13.2. The second-order valence-corrected chi connectivity index (χ2v) is 6.69. The third kappa shape index (κ3) is 3.35. The van der Waals surface area contributed by atoms with E-state index in [1.165, 1.54) is 11.3 Å². The van der Waals surface area contributed by atoms with Crippen molar-refractivity contribution in [1.29, 1.82) is 0 Å². The van der Waals surface area contributed by atoms with Crippen LogP contribution in [0.2, 0.25) is 9.36 Å². The van der Waals surface area contributed by atoms with Crippen LogP contribution in [0, 0.1) is 13.8 Å². The summed E-state index contributed by atoms with van der Waals surface area (Å²) in [5.41, 5.74) is 1.86.